The summed E-state index contributed by atoms with van der Waals surface area (Å²) >= 11 is 9.30. The Labute approximate surface area is 92.1 Å². The SMILES string of the molecule is CC(CCO)SCc1ccc(Cl)s1. The maximum Gasteiger partial charge on any atom is 0.0931 e. The van der Waals surface area contributed by atoms with E-state index in [2.05, 4.69) is 13.0 Å². The number of hydrogen-bond acceptors (Lipinski definition) is 3. The van der Waals surface area contributed by atoms with Gasteiger partial charge in [0.2, 0.25) is 0 Å². The zero-order valence-corrected chi connectivity index (χ0v) is 9.88. The number of thiophene rings is 1. The van der Waals surface area contributed by atoms with Gasteiger partial charge in [-0.15, -0.1) is 11.3 Å². The van der Waals surface area contributed by atoms with Gasteiger partial charge >= 0.3 is 0 Å². The van der Waals surface area contributed by atoms with E-state index in [1.165, 1.54) is 4.88 Å². The van der Waals surface area contributed by atoms with Crippen LogP contribution in [-0.4, -0.2) is 17.0 Å². The van der Waals surface area contributed by atoms with Gasteiger partial charge in [-0.1, -0.05) is 18.5 Å². The van der Waals surface area contributed by atoms with E-state index in [9.17, 15) is 0 Å². The highest BCUT2D eigenvalue weighted by Gasteiger charge is 2.03. The molecule has 0 aromatic carbocycles. The van der Waals surface area contributed by atoms with Gasteiger partial charge in [-0.05, 0) is 18.6 Å². The van der Waals surface area contributed by atoms with Crippen LogP contribution >= 0.6 is 34.7 Å². The fourth-order valence-corrected chi connectivity index (χ4v) is 3.06. The minimum atomic E-state index is 0.277. The fraction of sp³-hybridized carbons (Fsp3) is 0.556. The van der Waals surface area contributed by atoms with Crippen LogP contribution < -0.4 is 0 Å². The first kappa shape index (κ1) is 11.4. The second-order valence-corrected chi connectivity index (χ2v) is 6.07. The Morgan fingerprint density at radius 3 is 2.92 bits per heavy atom. The molecule has 0 bridgehead atoms. The number of hydrogen-bond donors (Lipinski definition) is 1. The number of aliphatic hydroxyl groups is 1. The van der Waals surface area contributed by atoms with E-state index in [1.54, 1.807) is 11.3 Å². The normalized spacial score (nSPS) is 13.2. The lowest BCUT2D eigenvalue weighted by Crippen LogP contribution is -1.99. The molecular weight excluding hydrogens is 224 g/mol. The summed E-state index contributed by atoms with van der Waals surface area (Å²) < 4.78 is 0.852. The Bertz CT molecular complexity index is 250. The molecule has 0 saturated heterocycles. The molecule has 0 aliphatic carbocycles. The number of aliphatic hydroxyl groups excluding tert-OH is 1. The first-order chi connectivity index (χ1) is 6.22. The summed E-state index contributed by atoms with van der Waals surface area (Å²) in [6.07, 6.45) is 0.865. The molecule has 0 radical (unpaired) electrons. The maximum absolute atomic E-state index is 8.71. The highest BCUT2D eigenvalue weighted by molar-refractivity contribution is 7.99. The third-order valence-electron chi connectivity index (χ3n) is 1.67. The summed E-state index contributed by atoms with van der Waals surface area (Å²) in [5.74, 6) is 0.999. The van der Waals surface area contributed by atoms with Gasteiger partial charge in [0, 0.05) is 22.5 Å². The van der Waals surface area contributed by atoms with Gasteiger partial charge in [0.1, 0.15) is 0 Å². The van der Waals surface area contributed by atoms with Crippen molar-refractivity contribution in [3.8, 4) is 0 Å². The van der Waals surface area contributed by atoms with Crippen LogP contribution in [0.4, 0.5) is 0 Å². The van der Waals surface area contributed by atoms with Crippen molar-refractivity contribution in [1.82, 2.24) is 0 Å². The third-order valence-corrected chi connectivity index (χ3v) is 4.37. The summed E-state index contributed by atoms with van der Waals surface area (Å²) in [5, 5.41) is 9.23. The molecule has 4 heteroatoms. The van der Waals surface area contributed by atoms with Gasteiger partial charge in [0.15, 0.2) is 0 Å². The second kappa shape index (κ2) is 5.91. The average molecular weight is 237 g/mol. The van der Waals surface area contributed by atoms with Gasteiger partial charge in [0.25, 0.3) is 0 Å². The Morgan fingerprint density at radius 1 is 1.62 bits per heavy atom. The van der Waals surface area contributed by atoms with Gasteiger partial charge in [-0.2, -0.15) is 11.8 Å². The molecule has 1 aromatic rings. The minimum Gasteiger partial charge on any atom is -0.396 e. The lowest BCUT2D eigenvalue weighted by molar-refractivity contribution is 0.289. The third kappa shape index (κ3) is 4.36. The number of thioether (sulfide) groups is 1. The molecule has 0 aliphatic rings. The molecule has 74 valence electrons. The molecule has 1 heterocycles. The number of rotatable bonds is 5. The van der Waals surface area contributed by atoms with E-state index in [1.807, 2.05) is 17.8 Å². The molecule has 1 nitrogen and oxygen atoms in total. The zero-order chi connectivity index (χ0) is 9.68. The van der Waals surface area contributed by atoms with E-state index >= 15 is 0 Å². The van der Waals surface area contributed by atoms with Crippen LogP contribution in [0, 0.1) is 0 Å². The Balaban J connectivity index is 2.26. The Morgan fingerprint density at radius 2 is 2.38 bits per heavy atom. The van der Waals surface area contributed by atoms with Gasteiger partial charge in [0.05, 0.1) is 4.34 Å². The highest BCUT2D eigenvalue weighted by atomic mass is 35.5. The van der Waals surface area contributed by atoms with Gasteiger partial charge in [-0.3, -0.25) is 0 Å². The first-order valence-corrected chi connectivity index (χ1v) is 6.43. The summed E-state index contributed by atoms with van der Waals surface area (Å²) in [5.41, 5.74) is 0. The molecule has 1 rings (SSSR count). The van der Waals surface area contributed by atoms with E-state index in [0.29, 0.717) is 5.25 Å². The monoisotopic (exact) mass is 236 g/mol. The standard InChI is InChI=1S/C9H13ClOS2/c1-7(4-5-11)12-6-8-2-3-9(10)13-8/h2-3,7,11H,4-6H2,1H3. The van der Waals surface area contributed by atoms with Crippen LogP contribution in [0.5, 0.6) is 0 Å². The minimum absolute atomic E-state index is 0.277. The molecule has 13 heavy (non-hydrogen) atoms. The molecule has 0 amide bonds. The van der Waals surface area contributed by atoms with Gasteiger partial charge < -0.3 is 5.11 Å². The van der Waals surface area contributed by atoms with Crippen LogP contribution in [0.1, 0.15) is 18.2 Å². The van der Waals surface area contributed by atoms with Crippen molar-refractivity contribution >= 4 is 34.7 Å². The van der Waals surface area contributed by atoms with Crippen LogP contribution in [0.3, 0.4) is 0 Å². The lowest BCUT2D eigenvalue weighted by atomic mass is 10.3. The predicted molar refractivity (Wildman–Crippen MR) is 61.8 cm³/mol. The smallest absolute Gasteiger partial charge is 0.0931 e. The van der Waals surface area contributed by atoms with Crippen LogP contribution in [-0.2, 0) is 5.75 Å². The quantitative estimate of drug-likeness (QED) is 0.846. The van der Waals surface area contributed by atoms with Crippen molar-refractivity contribution in [3.05, 3.63) is 21.3 Å². The summed E-state index contributed by atoms with van der Waals surface area (Å²) in [6.45, 7) is 2.41. The molecule has 1 unspecified atom stereocenters. The lowest BCUT2D eigenvalue weighted by Gasteiger charge is -2.07. The molecule has 1 atom stereocenters. The molecule has 0 fully saturated rings. The summed E-state index contributed by atoms with van der Waals surface area (Å²) in [4.78, 5) is 1.31. The zero-order valence-electron chi connectivity index (χ0n) is 7.50. The molecule has 0 saturated carbocycles. The van der Waals surface area contributed by atoms with Crippen molar-refractivity contribution in [3.63, 3.8) is 0 Å². The average Bonchev–Trinajstić information content (AvgIpc) is 2.49. The largest absolute Gasteiger partial charge is 0.396 e. The molecular formula is C9H13ClOS2. The van der Waals surface area contributed by atoms with Crippen molar-refractivity contribution < 1.29 is 5.11 Å². The van der Waals surface area contributed by atoms with E-state index < -0.39 is 0 Å². The van der Waals surface area contributed by atoms with Crippen LogP contribution in [0.25, 0.3) is 0 Å². The van der Waals surface area contributed by atoms with E-state index in [4.69, 9.17) is 16.7 Å². The van der Waals surface area contributed by atoms with Crippen molar-refractivity contribution in [1.29, 1.82) is 0 Å². The van der Waals surface area contributed by atoms with Crippen LogP contribution in [0.2, 0.25) is 4.34 Å². The number of halogens is 1. The summed E-state index contributed by atoms with van der Waals surface area (Å²) in [7, 11) is 0. The molecule has 1 N–H and O–H groups in total. The first-order valence-electron chi connectivity index (χ1n) is 4.19. The predicted octanol–water partition coefficient (Wildman–Crippen LogP) is 3.41. The van der Waals surface area contributed by atoms with Crippen molar-refractivity contribution in [2.24, 2.45) is 0 Å². The van der Waals surface area contributed by atoms with E-state index in [0.717, 1.165) is 16.5 Å². The van der Waals surface area contributed by atoms with Crippen molar-refractivity contribution in [2.75, 3.05) is 6.61 Å². The molecule has 1 aromatic heterocycles. The van der Waals surface area contributed by atoms with E-state index in [-0.39, 0.29) is 6.61 Å². The maximum atomic E-state index is 8.71. The molecule has 0 aliphatic heterocycles. The highest BCUT2D eigenvalue weighted by Crippen LogP contribution is 2.27. The van der Waals surface area contributed by atoms with Crippen molar-refractivity contribution in [2.45, 2.75) is 24.3 Å². The summed E-state index contributed by atoms with van der Waals surface area (Å²) in [6, 6.07) is 3.99. The van der Waals surface area contributed by atoms with Crippen LogP contribution in [0.15, 0.2) is 12.1 Å². The Kier molecular flexibility index (Phi) is 5.17. The fourth-order valence-electron chi connectivity index (χ4n) is 0.919. The topological polar surface area (TPSA) is 20.2 Å². The van der Waals surface area contributed by atoms with Gasteiger partial charge in [-0.25, -0.2) is 0 Å². The second-order valence-electron chi connectivity index (χ2n) is 2.84. The Hall–Kier alpha value is 0.300. The molecule has 0 spiro atoms.